The van der Waals surface area contributed by atoms with Crippen molar-refractivity contribution in [3.63, 3.8) is 0 Å². The maximum atomic E-state index is 9.83. The zero-order valence-corrected chi connectivity index (χ0v) is 16.6. The molecule has 0 amide bonds. The first-order valence-electron chi connectivity index (χ1n) is 16.1. The average Bonchev–Trinajstić information content (AvgIpc) is 3.22. The second-order valence-corrected chi connectivity index (χ2v) is 7.96. The van der Waals surface area contributed by atoms with Gasteiger partial charge in [0.25, 0.3) is 0 Å². The fraction of sp³-hybridized carbons (Fsp3) is 0.346. The van der Waals surface area contributed by atoms with Crippen LogP contribution in [0.5, 0.6) is 0 Å². The van der Waals surface area contributed by atoms with E-state index in [1.165, 1.54) is 18.2 Å². The molecule has 0 saturated carbocycles. The normalized spacial score (nSPS) is 21.0. The van der Waals surface area contributed by atoms with Crippen LogP contribution in [0.2, 0.25) is 0 Å². The van der Waals surface area contributed by atoms with Gasteiger partial charge in [0, 0.05) is 36.5 Å². The maximum Gasteiger partial charge on any atom is 0.158 e. The van der Waals surface area contributed by atoms with Crippen LogP contribution in [0, 0.1) is 44.2 Å². The lowest BCUT2D eigenvalue weighted by molar-refractivity contribution is 0.410. The molecule has 0 bridgehead atoms. The van der Waals surface area contributed by atoms with Crippen molar-refractivity contribution in [2.24, 2.45) is 5.41 Å². The minimum absolute atomic E-state index is 0.0273. The number of benzene rings is 1. The van der Waals surface area contributed by atoms with Crippen LogP contribution in [-0.2, 0) is 6.37 Å². The molecule has 4 nitrogen and oxygen atoms in total. The van der Waals surface area contributed by atoms with Gasteiger partial charge < -0.3 is 4.42 Å². The molecular formula is C26H27N3O. The molecule has 0 aliphatic rings. The van der Waals surface area contributed by atoms with Crippen molar-refractivity contribution in [1.29, 1.82) is 5.26 Å². The van der Waals surface area contributed by atoms with Crippen LogP contribution >= 0.6 is 0 Å². The quantitative estimate of drug-likeness (QED) is 0.366. The molecule has 0 fully saturated rings. The van der Waals surface area contributed by atoms with Gasteiger partial charge in [0.05, 0.1) is 22.3 Å². The van der Waals surface area contributed by atoms with Gasteiger partial charge in [-0.2, -0.15) is 5.26 Å². The van der Waals surface area contributed by atoms with Crippen molar-refractivity contribution in [3.8, 4) is 17.3 Å². The number of aromatic nitrogens is 2. The van der Waals surface area contributed by atoms with E-state index >= 15 is 0 Å². The Kier molecular flexibility index (Phi) is 2.16. The molecule has 0 aliphatic carbocycles. The molecular weight excluding hydrogens is 370 g/mol. The number of furan rings is 1. The molecule has 152 valence electrons. The Bertz CT molecular complexity index is 1830. The zero-order chi connectivity index (χ0) is 33.6. The third kappa shape index (κ3) is 3.25. The van der Waals surface area contributed by atoms with Crippen LogP contribution in [0.4, 0.5) is 0 Å². The van der Waals surface area contributed by atoms with Crippen LogP contribution in [-0.4, -0.2) is 9.97 Å². The predicted molar refractivity (Wildman–Crippen MR) is 122 cm³/mol. The highest BCUT2D eigenvalue weighted by Gasteiger charge is 2.21. The van der Waals surface area contributed by atoms with E-state index in [-0.39, 0.29) is 38.9 Å². The van der Waals surface area contributed by atoms with Gasteiger partial charge >= 0.3 is 0 Å². The first-order valence-corrected chi connectivity index (χ1v) is 9.09. The Morgan fingerprint density at radius 3 is 2.63 bits per heavy atom. The van der Waals surface area contributed by atoms with E-state index in [0.717, 1.165) is 6.20 Å². The Morgan fingerprint density at radius 2 is 1.97 bits per heavy atom. The zero-order valence-electron chi connectivity index (χ0n) is 30.6. The summed E-state index contributed by atoms with van der Waals surface area (Å²) < 4.78 is 120. The lowest BCUT2D eigenvalue weighted by atomic mass is 9.86. The number of nitrogens with zero attached hydrogens (tertiary/aromatic N) is 3. The lowest BCUT2D eigenvalue weighted by Gasteiger charge is -2.20. The molecule has 4 aromatic rings. The van der Waals surface area contributed by atoms with Crippen molar-refractivity contribution >= 4 is 22.1 Å². The number of hydrogen-bond acceptors (Lipinski definition) is 4. The highest BCUT2D eigenvalue weighted by Crippen LogP contribution is 2.39. The molecule has 3 aromatic heterocycles. The molecule has 3 heterocycles. The minimum atomic E-state index is -3.09. The number of aryl methyl sites for hydroxylation is 4. The van der Waals surface area contributed by atoms with Gasteiger partial charge in [-0.3, -0.25) is 4.98 Å². The van der Waals surface area contributed by atoms with Gasteiger partial charge in [0.15, 0.2) is 5.58 Å². The monoisotopic (exact) mass is 411 g/mol. The van der Waals surface area contributed by atoms with Crippen LogP contribution < -0.4 is 0 Å². The minimum Gasteiger partial charge on any atom is -0.453 e. The predicted octanol–water partition coefficient (Wildman–Crippen LogP) is 6.74. The number of nitriles is 1. The van der Waals surface area contributed by atoms with E-state index in [9.17, 15) is 5.26 Å². The maximum absolute atomic E-state index is 9.83. The average molecular weight is 412 g/mol. The molecule has 0 unspecified atom stereocenters. The summed E-state index contributed by atoms with van der Waals surface area (Å²) in [6.07, 6.45) is -1.20. The van der Waals surface area contributed by atoms with E-state index in [0.29, 0.717) is 0 Å². The first-order chi connectivity index (χ1) is 19.7. The fourth-order valence-corrected chi connectivity index (χ4v) is 3.28. The third-order valence-electron chi connectivity index (χ3n) is 4.55. The molecule has 30 heavy (non-hydrogen) atoms. The number of hydrogen-bond donors (Lipinski definition) is 0. The standard InChI is InChI=1S/C26H27N3O/c1-14-8-9-19(21-10-18(11-26(5,6)7)15(2)13-28-21)25-22(14)23-24(30-25)16(3)20(12-27)17(4)29-23/h8-10,13H,11H2,1-7H3/i1D3,2D3,3D3,4D3,11D2. The molecule has 0 atom stereocenters. The van der Waals surface area contributed by atoms with Gasteiger partial charge in [0.1, 0.15) is 17.2 Å². The summed E-state index contributed by atoms with van der Waals surface area (Å²) in [4.78, 5) is 8.33. The lowest BCUT2D eigenvalue weighted by Crippen LogP contribution is -2.10. The SMILES string of the molecule is [2H]C([2H])([2H])c1cnc(-c2ccc(C([2H])([2H])[2H])c3c2oc2c(C([2H])([2H])[2H])c(C#N)c(C([2H])([2H])[2H])nc23)cc1C([2H])([2H])C(C)(C)C. The van der Waals surface area contributed by atoms with E-state index in [1.54, 1.807) is 26.8 Å². The van der Waals surface area contributed by atoms with E-state index < -0.39 is 67.1 Å². The molecule has 4 heteroatoms. The highest BCUT2D eigenvalue weighted by molar-refractivity contribution is 6.10. The second kappa shape index (κ2) is 6.95. The van der Waals surface area contributed by atoms with Gasteiger partial charge in [-0.15, -0.1) is 0 Å². The molecule has 4 rings (SSSR count). The second-order valence-electron chi connectivity index (χ2n) is 7.96. The summed E-state index contributed by atoms with van der Waals surface area (Å²) in [6.45, 7) is -6.92. The summed E-state index contributed by atoms with van der Waals surface area (Å²) in [7, 11) is 0. The van der Waals surface area contributed by atoms with E-state index in [1.807, 2.05) is 0 Å². The highest BCUT2D eigenvalue weighted by atomic mass is 16.3. The summed E-state index contributed by atoms with van der Waals surface area (Å²) in [5.41, 5.74) is -5.54. The van der Waals surface area contributed by atoms with Gasteiger partial charge in [-0.25, -0.2) is 4.98 Å². The van der Waals surface area contributed by atoms with Crippen LogP contribution in [0.25, 0.3) is 33.3 Å². The van der Waals surface area contributed by atoms with E-state index in [4.69, 9.17) is 23.6 Å². The summed E-state index contributed by atoms with van der Waals surface area (Å²) >= 11 is 0. The first kappa shape index (κ1) is 9.31. The molecule has 0 N–H and O–H groups in total. The Hall–Kier alpha value is -3.19. The van der Waals surface area contributed by atoms with Crippen molar-refractivity contribution in [1.82, 2.24) is 9.97 Å². The van der Waals surface area contributed by atoms with Crippen molar-refractivity contribution < 1.29 is 23.6 Å². The Morgan fingerprint density at radius 1 is 1.13 bits per heavy atom. The number of rotatable bonds is 2. The van der Waals surface area contributed by atoms with Gasteiger partial charge in [0.2, 0.25) is 0 Å². The molecule has 0 radical (unpaired) electrons. The molecule has 0 aliphatic heterocycles. The molecule has 0 saturated heterocycles. The summed E-state index contributed by atoms with van der Waals surface area (Å²) in [5, 5.41) is 9.58. The van der Waals surface area contributed by atoms with Crippen LogP contribution in [0.1, 0.15) is 73.5 Å². The Balaban J connectivity index is 2.26. The van der Waals surface area contributed by atoms with Crippen molar-refractivity contribution in [2.75, 3.05) is 0 Å². The van der Waals surface area contributed by atoms with Crippen molar-refractivity contribution in [3.05, 3.63) is 57.9 Å². The molecule has 1 aromatic carbocycles. The molecule has 0 spiro atoms. The smallest absolute Gasteiger partial charge is 0.158 e. The fourth-order valence-electron chi connectivity index (χ4n) is 3.28. The van der Waals surface area contributed by atoms with Crippen LogP contribution in [0.3, 0.4) is 0 Å². The number of pyridine rings is 2. The Labute approximate surface area is 197 Å². The third-order valence-corrected chi connectivity index (χ3v) is 4.55. The summed E-state index contributed by atoms with van der Waals surface area (Å²) in [6, 6.07) is 5.30. The van der Waals surface area contributed by atoms with Crippen molar-refractivity contribution in [2.45, 2.75) is 54.6 Å². The van der Waals surface area contributed by atoms with E-state index in [2.05, 4.69) is 9.97 Å². The van der Waals surface area contributed by atoms with Gasteiger partial charge in [-0.1, -0.05) is 26.8 Å². The van der Waals surface area contributed by atoms with Gasteiger partial charge in [-0.05, 0) is 68.0 Å². The summed E-state index contributed by atoms with van der Waals surface area (Å²) in [5.74, 6) is 0. The number of fused-ring (bicyclic) bond motifs is 3. The topological polar surface area (TPSA) is 62.7 Å². The van der Waals surface area contributed by atoms with Crippen LogP contribution in [0.15, 0.2) is 28.8 Å². The largest absolute Gasteiger partial charge is 0.453 e.